The van der Waals surface area contributed by atoms with Crippen LogP contribution in [-0.4, -0.2) is 48.1 Å². The minimum absolute atomic E-state index is 0.327. The lowest BCUT2D eigenvalue weighted by atomic mass is 10.1. The molecule has 1 saturated heterocycles. The molecule has 1 fully saturated rings. The minimum atomic E-state index is -3.48. The number of rotatable bonds is 5. The number of sulfonamides is 1. The molecule has 0 spiro atoms. The van der Waals surface area contributed by atoms with E-state index >= 15 is 0 Å². The first-order chi connectivity index (χ1) is 9.95. The smallest absolute Gasteiger partial charge is 0.243 e. The van der Waals surface area contributed by atoms with Crippen LogP contribution in [-0.2, 0) is 27.4 Å². The molecule has 1 heterocycles. The van der Waals surface area contributed by atoms with Gasteiger partial charge >= 0.3 is 0 Å². The third kappa shape index (κ3) is 3.91. The largest absolute Gasteiger partial charge is 0.313 e. The summed E-state index contributed by atoms with van der Waals surface area (Å²) >= 11 is 0. The Morgan fingerprint density at radius 2 is 1.95 bits per heavy atom. The number of nitrogens with one attached hydrogen (secondary N) is 1. The van der Waals surface area contributed by atoms with Crippen molar-refractivity contribution in [3.63, 3.8) is 0 Å². The molecule has 0 aliphatic carbocycles. The molecule has 1 N–H and O–H groups in total. The number of hydrogen-bond acceptors (Lipinski definition) is 4. The van der Waals surface area contributed by atoms with Gasteiger partial charge in [0.2, 0.25) is 10.0 Å². The highest BCUT2D eigenvalue weighted by molar-refractivity contribution is 7.89. The average molecular weight is 330 g/mol. The van der Waals surface area contributed by atoms with Crippen LogP contribution in [0.4, 0.5) is 0 Å². The van der Waals surface area contributed by atoms with Gasteiger partial charge in [0, 0.05) is 41.9 Å². The first kappa shape index (κ1) is 16.6. The number of benzene rings is 1. The Kier molecular flexibility index (Phi) is 5.54. The SMILES string of the molecule is CCNCc1cc(S(=O)(=O)N2CCS(=O)CC2)ccc1C. The van der Waals surface area contributed by atoms with E-state index in [2.05, 4.69) is 5.32 Å². The Morgan fingerprint density at radius 3 is 2.57 bits per heavy atom. The molecule has 1 aliphatic heterocycles. The summed E-state index contributed by atoms with van der Waals surface area (Å²) in [5, 5.41) is 3.22. The molecule has 1 aliphatic rings. The maximum atomic E-state index is 12.6. The maximum Gasteiger partial charge on any atom is 0.243 e. The average Bonchev–Trinajstić information content (AvgIpc) is 2.46. The highest BCUT2D eigenvalue weighted by Gasteiger charge is 2.28. The van der Waals surface area contributed by atoms with Crippen LogP contribution in [0.2, 0.25) is 0 Å². The Bertz CT molecular complexity index is 619. The summed E-state index contributed by atoms with van der Waals surface area (Å²) in [5.74, 6) is 0.852. The van der Waals surface area contributed by atoms with Crippen LogP contribution in [0, 0.1) is 6.92 Å². The molecular weight excluding hydrogens is 308 g/mol. The molecule has 1 aromatic rings. The highest BCUT2D eigenvalue weighted by Crippen LogP contribution is 2.20. The van der Waals surface area contributed by atoms with E-state index < -0.39 is 20.8 Å². The summed E-state index contributed by atoms with van der Waals surface area (Å²) in [6.45, 7) is 6.18. The van der Waals surface area contributed by atoms with Crippen LogP contribution >= 0.6 is 0 Å². The molecule has 0 amide bonds. The summed E-state index contributed by atoms with van der Waals surface area (Å²) in [6.07, 6.45) is 0. The van der Waals surface area contributed by atoms with E-state index in [1.54, 1.807) is 12.1 Å². The molecule has 0 atom stereocenters. The normalized spacial score (nSPS) is 18.0. The Morgan fingerprint density at radius 1 is 1.29 bits per heavy atom. The van der Waals surface area contributed by atoms with Gasteiger partial charge in [-0.2, -0.15) is 4.31 Å². The zero-order valence-electron chi connectivity index (χ0n) is 12.5. The van der Waals surface area contributed by atoms with Gasteiger partial charge in [-0.05, 0) is 36.7 Å². The third-order valence-electron chi connectivity index (χ3n) is 3.66. The van der Waals surface area contributed by atoms with E-state index in [1.807, 2.05) is 19.9 Å². The standard InChI is InChI=1S/C14H22N2O3S2/c1-3-15-11-13-10-14(5-4-12(13)2)21(18,19)16-6-8-20(17)9-7-16/h4-5,10,15H,3,6-9,11H2,1-2H3. The molecule has 21 heavy (non-hydrogen) atoms. The number of hydrogen-bond donors (Lipinski definition) is 1. The van der Waals surface area contributed by atoms with E-state index in [4.69, 9.17) is 0 Å². The van der Waals surface area contributed by atoms with E-state index in [0.29, 0.717) is 36.0 Å². The first-order valence-corrected chi connectivity index (χ1v) is 10.0. The second kappa shape index (κ2) is 7.00. The van der Waals surface area contributed by atoms with Crippen molar-refractivity contribution in [3.05, 3.63) is 29.3 Å². The van der Waals surface area contributed by atoms with Crippen LogP contribution in [0.3, 0.4) is 0 Å². The van der Waals surface area contributed by atoms with E-state index in [9.17, 15) is 12.6 Å². The first-order valence-electron chi connectivity index (χ1n) is 7.10. The predicted molar refractivity (Wildman–Crippen MR) is 85.2 cm³/mol. The quantitative estimate of drug-likeness (QED) is 0.869. The van der Waals surface area contributed by atoms with Crippen molar-refractivity contribution in [2.75, 3.05) is 31.1 Å². The summed E-state index contributed by atoms with van der Waals surface area (Å²) in [4.78, 5) is 0.327. The van der Waals surface area contributed by atoms with Crippen molar-refractivity contribution in [1.29, 1.82) is 0 Å². The Hall–Kier alpha value is -0.760. The van der Waals surface area contributed by atoms with Crippen LogP contribution in [0.1, 0.15) is 18.1 Å². The highest BCUT2D eigenvalue weighted by atomic mass is 32.2. The third-order valence-corrected chi connectivity index (χ3v) is 6.83. The summed E-state index contributed by atoms with van der Waals surface area (Å²) in [6, 6.07) is 5.26. The van der Waals surface area contributed by atoms with Gasteiger partial charge in [0.1, 0.15) is 0 Å². The van der Waals surface area contributed by atoms with Gasteiger partial charge in [0.05, 0.1) is 4.90 Å². The van der Waals surface area contributed by atoms with Crippen molar-refractivity contribution in [3.8, 4) is 0 Å². The molecule has 0 radical (unpaired) electrons. The summed E-state index contributed by atoms with van der Waals surface area (Å²) in [7, 11) is -4.36. The van der Waals surface area contributed by atoms with Gasteiger partial charge < -0.3 is 5.32 Å². The molecule has 0 saturated carbocycles. The Labute approximate surface area is 129 Å². The number of nitrogens with zero attached hydrogens (tertiary/aromatic N) is 1. The maximum absolute atomic E-state index is 12.6. The monoisotopic (exact) mass is 330 g/mol. The van der Waals surface area contributed by atoms with E-state index in [1.165, 1.54) is 4.31 Å². The number of aryl methyl sites for hydroxylation is 1. The molecule has 0 aromatic heterocycles. The fraction of sp³-hybridized carbons (Fsp3) is 0.571. The van der Waals surface area contributed by atoms with Crippen LogP contribution in [0.5, 0.6) is 0 Å². The molecule has 0 bridgehead atoms. The van der Waals surface area contributed by atoms with Gasteiger partial charge in [-0.15, -0.1) is 0 Å². The topological polar surface area (TPSA) is 66.5 Å². The fourth-order valence-electron chi connectivity index (χ4n) is 2.27. The van der Waals surface area contributed by atoms with Crippen LogP contribution in [0.15, 0.2) is 23.1 Å². The van der Waals surface area contributed by atoms with Crippen molar-refractivity contribution in [2.24, 2.45) is 0 Å². The zero-order valence-corrected chi connectivity index (χ0v) is 14.1. The molecule has 2 rings (SSSR count). The molecule has 7 heteroatoms. The molecule has 118 valence electrons. The lowest BCUT2D eigenvalue weighted by Gasteiger charge is -2.26. The van der Waals surface area contributed by atoms with Crippen molar-refractivity contribution in [2.45, 2.75) is 25.3 Å². The van der Waals surface area contributed by atoms with Crippen LogP contribution < -0.4 is 5.32 Å². The van der Waals surface area contributed by atoms with Crippen LogP contribution in [0.25, 0.3) is 0 Å². The summed E-state index contributed by atoms with van der Waals surface area (Å²) < 4.78 is 38.1. The molecule has 5 nitrogen and oxygen atoms in total. The molecular formula is C14H22N2O3S2. The lowest BCUT2D eigenvalue weighted by Crippen LogP contribution is -2.41. The van der Waals surface area contributed by atoms with Gasteiger partial charge in [0.15, 0.2) is 0 Å². The summed E-state index contributed by atoms with van der Waals surface area (Å²) in [5.41, 5.74) is 2.08. The molecule has 1 aromatic carbocycles. The van der Waals surface area contributed by atoms with Gasteiger partial charge in [-0.25, -0.2) is 8.42 Å². The van der Waals surface area contributed by atoms with Gasteiger partial charge in [0.25, 0.3) is 0 Å². The predicted octanol–water partition coefficient (Wildman–Crippen LogP) is 0.858. The second-order valence-electron chi connectivity index (χ2n) is 5.12. The molecule has 0 unspecified atom stereocenters. The van der Waals surface area contributed by atoms with Crippen molar-refractivity contribution < 1.29 is 12.6 Å². The van der Waals surface area contributed by atoms with Crippen molar-refractivity contribution in [1.82, 2.24) is 9.62 Å². The van der Waals surface area contributed by atoms with E-state index in [0.717, 1.165) is 17.7 Å². The lowest BCUT2D eigenvalue weighted by molar-refractivity contribution is 0.438. The van der Waals surface area contributed by atoms with E-state index in [-0.39, 0.29) is 0 Å². The second-order valence-corrected chi connectivity index (χ2v) is 8.75. The zero-order chi connectivity index (χ0) is 15.5. The van der Waals surface area contributed by atoms with Gasteiger partial charge in [-0.3, -0.25) is 4.21 Å². The van der Waals surface area contributed by atoms with Crippen molar-refractivity contribution >= 4 is 20.8 Å². The Balaban J connectivity index is 2.25. The fourth-order valence-corrected chi connectivity index (χ4v) is 5.04. The van der Waals surface area contributed by atoms with Gasteiger partial charge in [-0.1, -0.05) is 13.0 Å². The minimum Gasteiger partial charge on any atom is -0.313 e.